The molecule has 0 aliphatic rings. The van der Waals surface area contributed by atoms with Crippen molar-refractivity contribution in [3.05, 3.63) is 29.6 Å². The lowest BCUT2D eigenvalue weighted by atomic mass is 10.2. The van der Waals surface area contributed by atoms with E-state index in [-0.39, 0.29) is 11.7 Å². The summed E-state index contributed by atoms with van der Waals surface area (Å²) in [6.45, 7) is 2.95. The van der Waals surface area contributed by atoms with Crippen molar-refractivity contribution in [2.45, 2.75) is 6.42 Å². The number of rotatable bonds is 9. The first-order chi connectivity index (χ1) is 10.1. The largest absolute Gasteiger partial charge is 0.494 e. The molecule has 0 heterocycles. The van der Waals surface area contributed by atoms with Gasteiger partial charge in [-0.15, -0.1) is 0 Å². The van der Waals surface area contributed by atoms with Crippen molar-refractivity contribution in [1.29, 1.82) is 0 Å². The van der Waals surface area contributed by atoms with Crippen molar-refractivity contribution in [1.82, 2.24) is 10.2 Å². The van der Waals surface area contributed by atoms with Crippen LogP contribution < -0.4 is 10.1 Å². The van der Waals surface area contributed by atoms with Crippen LogP contribution in [-0.2, 0) is 4.74 Å². The molecule has 1 amide bonds. The second kappa shape index (κ2) is 9.31. The van der Waals surface area contributed by atoms with E-state index in [1.54, 1.807) is 13.2 Å². The van der Waals surface area contributed by atoms with Gasteiger partial charge in [-0.2, -0.15) is 0 Å². The summed E-state index contributed by atoms with van der Waals surface area (Å²) in [7, 11) is 5.06. The van der Waals surface area contributed by atoms with Gasteiger partial charge in [0, 0.05) is 25.8 Å². The van der Waals surface area contributed by atoms with Crippen molar-refractivity contribution in [2.24, 2.45) is 0 Å². The first-order valence-electron chi connectivity index (χ1n) is 6.87. The molecular formula is C15H23FN2O3. The fraction of sp³-hybridized carbons (Fsp3) is 0.533. The zero-order valence-electron chi connectivity index (χ0n) is 12.8. The Morgan fingerprint density at radius 3 is 2.71 bits per heavy atom. The number of likely N-dealkylation sites (N-methyl/N-ethyl adjacent to an activating group) is 1. The molecule has 0 saturated carbocycles. The van der Waals surface area contributed by atoms with Gasteiger partial charge in [0.1, 0.15) is 0 Å². The molecule has 0 spiro atoms. The van der Waals surface area contributed by atoms with E-state index in [9.17, 15) is 9.18 Å². The molecule has 1 aromatic rings. The zero-order valence-corrected chi connectivity index (χ0v) is 12.8. The van der Waals surface area contributed by atoms with Crippen molar-refractivity contribution < 1.29 is 18.7 Å². The van der Waals surface area contributed by atoms with E-state index in [0.717, 1.165) is 19.5 Å². The highest BCUT2D eigenvalue weighted by Gasteiger charge is 2.09. The van der Waals surface area contributed by atoms with Gasteiger partial charge in [0.05, 0.1) is 13.7 Å². The molecule has 0 bridgehead atoms. The molecule has 21 heavy (non-hydrogen) atoms. The van der Waals surface area contributed by atoms with E-state index in [2.05, 4.69) is 10.2 Å². The Hall–Kier alpha value is -1.66. The third kappa shape index (κ3) is 6.10. The van der Waals surface area contributed by atoms with E-state index >= 15 is 0 Å². The second-order valence-corrected chi connectivity index (χ2v) is 4.75. The summed E-state index contributed by atoms with van der Waals surface area (Å²) in [4.78, 5) is 14.0. The van der Waals surface area contributed by atoms with Crippen molar-refractivity contribution >= 4 is 5.91 Å². The van der Waals surface area contributed by atoms with Crippen LogP contribution in [0.15, 0.2) is 18.2 Å². The number of methoxy groups -OCH3 is 2. The van der Waals surface area contributed by atoms with Crippen LogP contribution in [0.4, 0.5) is 4.39 Å². The Morgan fingerprint density at radius 1 is 1.33 bits per heavy atom. The summed E-state index contributed by atoms with van der Waals surface area (Å²) >= 11 is 0. The molecule has 0 aliphatic heterocycles. The van der Waals surface area contributed by atoms with Crippen molar-refractivity contribution in [3.8, 4) is 5.75 Å². The first kappa shape index (κ1) is 17.4. The zero-order chi connectivity index (χ0) is 15.7. The quantitative estimate of drug-likeness (QED) is 0.703. The molecule has 0 aliphatic carbocycles. The van der Waals surface area contributed by atoms with Gasteiger partial charge >= 0.3 is 0 Å². The smallest absolute Gasteiger partial charge is 0.251 e. The molecule has 0 fully saturated rings. The maximum atomic E-state index is 13.5. The molecule has 1 N–H and O–H groups in total. The van der Waals surface area contributed by atoms with Gasteiger partial charge in [-0.3, -0.25) is 4.79 Å². The summed E-state index contributed by atoms with van der Waals surface area (Å²) in [5.74, 6) is -0.688. The van der Waals surface area contributed by atoms with Gasteiger partial charge in [0.25, 0.3) is 5.91 Å². The van der Waals surface area contributed by atoms with E-state index in [1.165, 1.54) is 19.2 Å². The monoisotopic (exact) mass is 298 g/mol. The second-order valence-electron chi connectivity index (χ2n) is 4.75. The fourth-order valence-corrected chi connectivity index (χ4v) is 1.82. The van der Waals surface area contributed by atoms with Gasteiger partial charge in [0.15, 0.2) is 11.6 Å². The molecule has 0 aromatic heterocycles. The van der Waals surface area contributed by atoms with Crippen LogP contribution in [0.25, 0.3) is 0 Å². The van der Waals surface area contributed by atoms with Crippen LogP contribution in [0.1, 0.15) is 16.8 Å². The highest BCUT2D eigenvalue weighted by Crippen LogP contribution is 2.17. The molecule has 1 aromatic carbocycles. The summed E-state index contributed by atoms with van der Waals surface area (Å²) < 4.78 is 23.3. The number of benzene rings is 1. The topological polar surface area (TPSA) is 50.8 Å². The minimum absolute atomic E-state index is 0.131. The molecule has 5 nitrogen and oxygen atoms in total. The van der Waals surface area contributed by atoms with Crippen LogP contribution in [0, 0.1) is 5.82 Å². The molecule has 0 unspecified atom stereocenters. The summed E-state index contributed by atoms with van der Waals surface area (Å²) in [6.07, 6.45) is 0.824. The molecule has 0 saturated heterocycles. The van der Waals surface area contributed by atoms with Gasteiger partial charge in [-0.05, 0) is 38.2 Å². The Bertz CT molecular complexity index is 455. The van der Waals surface area contributed by atoms with E-state index < -0.39 is 5.82 Å². The van der Waals surface area contributed by atoms with Crippen LogP contribution in [0.3, 0.4) is 0 Å². The van der Waals surface area contributed by atoms with Gasteiger partial charge in [-0.25, -0.2) is 4.39 Å². The summed E-state index contributed by atoms with van der Waals surface area (Å²) in [5.41, 5.74) is 0.293. The van der Waals surface area contributed by atoms with Crippen LogP contribution >= 0.6 is 0 Å². The van der Waals surface area contributed by atoms with E-state index in [1.807, 2.05) is 7.05 Å². The number of halogens is 1. The number of hydrogen-bond acceptors (Lipinski definition) is 4. The maximum absolute atomic E-state index is 13.5. The molecule has 0 radical (unpaired) electrons. The number of nitrogens with one attached hydrogen (secondary N) is 1. The Morgan fingerprint density at radius 2 is 2.10 bits per heavy atom. The summed E-state index contributed by atoms with van der Waals surface area (Å²) in [6, 6.07) is 4.17. The third-order valence-electron chi connectivity index (χ3n) is 3.09. The lowest BCUT2D eigenvalue weighted by Crippen LogP contribution is -2.29. The Kier molecular flexibility index (Phi) is 7.71. The summed E-state index contributed by atoms with van der Waals surface area (Å²) in [5, 5.41) is 2.77. The molecule has 118 valence electrons. The van der Waals surface area contributed by atoms with Crippen LogP contribution in [0.5, 0.6) is 5.75 Å². The first-order valence-corrected chi connectivity index (χ1v) is 6.87. The maximum Gasteiger partial charge on any atom is 0.251 e. The van der Waals surface area contributed by atoms with Gasteiger partial charge in [0.2, 0.25) is 0 Å². The predicted octanol–water partition coefficient (Wildman–Crippen LogP) is 1.53. The number of hydrogen-bond donors (Lipinski definition) is 1. The van der Waals surface area contributed by atoms with E-state index in [4.69, 9.17) is 9.47 Å². The van der Waals surface area contributed by atoms with Crippen LogP contribution in [0.2, 0.25) is 0 Å². The van der Waals surface area contributed by atoms with Gasteiger partial charge < -0.3 is 19.7 Å². The number of carbonyl (C=O) groups excluding carboxylic acids is 1. The number of nitrogens with zero attached hydrogens (tertiary/aromatic N) is 1. The average Bonchev–Trinajstić information content (AvgIpc) is 2.49. The van der Waals surface area contributed by atoms with Crippen LogP contribution in [-0.4, -0.2) is 58.3 Å². The standard InChI is InChI=1S/C15H23FN2O3/c1-18(9-10-20-2)8-4-7-17-15(19)12-5-6-14(21-3)13(16)11-12/h5-6,11H,4,7-10H2,1-3H3,(H,17,19). The minimum Gasteiger partial charge on any atom is -0.494 e. The van der Waals surface area contributed by atoms with Gasteiger partial charge in [-0.1, -0.05) is 0 Å². The normalized spacial score (nSPS) is 10.7. The average molecular weight is 298 g/mol. The Labute approximate surface area is 125 Å². The van der Waals surface area contributed by atoms with E-state index in [0.29, 0.717) is 18.7 Å². The lowest BCUT2D eigenvalue weighted by Gasteiger charge is -2.15. The highest BCUT2D eigenvalue weighted by molar-refractivity contribution is 5.94. The SMILES string of the molecule is COCCN(C)CCCNC(=O)c1ccc(OC)c(F)c1. The molecule has 0 atom stereocenters. The molecular weight excluding hydrogens is 275 g/mol. The number of carbonyl (C=O) groups is 1. The van der Waals surface area contributed by atoms with Crippen molar-refractivity contribution in [3.63, 3.8) is 0 Å². The minimum atomic E-state index is -0.538. The fourth-order valence-electron chi connectivity index (χ4n) is 1.82. The highest BCUT2D eigenvalue weighted by atomic mass is 19.1. The Balaban J connectivity index is 2.32. The number of amides is 1. The predicted molar refractivity (Wildman–Crippen MR) is 79.3 cm³/mol. The third-order valence-corrected chi connectivity index (χ3v) is 3.09. The lowest BCUT2D eigenvalue weighted by molar-refractivity contribution is 0.0950. The number of ether oxygens (including phenoxy) is 2. The molecule has 1 rings (SSSR count). The van der Waals surface area contributed by atoms with Crippen molar-refractivity contribution in [2.75, 3.05) is 47.5 Å². The molecule has 6 heteroatoms.